The molecule has 2 aromatic carbocycles. The van der Waals surface area contributed by atoms with Crippen LogP contribution in [0.15, 0.2) is 47.4 Å². The molecule has 1 saturated carbocycles. The molecule has 1 saturated heterocycles. The van der Waals surface area contributed by atoms with Crippen LogP contribution in [-0.2, 0) is 10.1 Å². The molecule has 0 atom stereocenters. The van der Waals surface area contributed by atoms with Crippen molar-refractivity contribution in [3.63, 3.8) is 0 Å². The van der Waals surface area contributed by atoms with E-state index in [1.54, 1.807) is 6.07 Å². The highest BCUT2D eigenvalue weighted by atomic mass is 32.2. The standard InChI is InChI=1S/C22H27NO4S/c24-28(25,26)18-12-13-20(23-14-6-7-15-23)22(16-18)27-21-11-5-4-10-19(21)17-8-2-1-3-9-17/h4-5,10-13,16-17H,1-3,6-9,14-15H2,(H,24,25,26). The van der Waals surface area contributed by atoms with Crippen molar-refractivity contribution in [2.75, 3.05) is 18.0 Å². The first kappa shape index (κ1) is 19.3. The summed E-state index contributed by atoms with van der Waals surface area (Å²) in [5.41, 5.74) is 2.06. The van der Waals surface area contributed by atoms with Gasteiger partial charge in [-0.25, -0.2) is 0 Å². The summed E-state index contributed by atoms with van der Waals surface area (Å²) >= 11 is 0. The Kier molecular flexibility index (Phi) is 5.60. The van der Waals surface area contributed by atoms with Crippen LogP contribution in [0.5, 0.6) is 11.5 Å². The van der Waals surface area contributed by atoms with Crippen LogP contribution in [0.1, 0.15) is 56.4 Å². The fourth-order valence-electron chi connectivity index (χ4n) is 4.40. The fourth-order valence-corrected chi connectivity index (χ4v) is 4.89. The third-order valence-electron chi connectivity index (χ3n) is 5.86. The quantitative estimate of drug-likeness (QED) is 0.682. The Morgan fingerprint density at radius 3 is 2.32 bits per heavy atom. The first-order chi connectivity index (χ1) is 13.5. The van der Waals surface area contributed by atoms with Crippen molar-refractivity contribution < 1.29 is 17.7 Å². The van der Waals surface area contributed by atoms with Gasteiger partial charge in [-0.2, -0.15) is 8.42 Å². The van der Waals surface area contributed by atoms with E-state index >= 15 is 0 Å². The molecule has 2 fully saturated rings. The molecule has 2 aromatic rings. The van der Waals surface area contributed by atoms with Crippen LogP contribution in [0.25, 0.3) is 0 Å². The molecule has 28 heavy (non-hydrogen) atoms. The molecular formula is C22H27NO4S. The van der Waals surface area contributed by atoms with Gasteiger partial charge in [0.2, 0.25) is 0 Å². The van der Waals surface area contributed by atoms with E-state index in [0.717, 1.165) is 50.2 Å². The topological polar surface area (TPSA) is 66.8 Å². The van der Waals surface area contributed by atoms with Gasteiger partial charge in [-0.3, -0.25) is 4.55 Å². The van der Waals surface area contributed by atoms with Crippen LogP contribution in [0, 0.1) is 0 Å². The summed E-state index contributed by atoms with van der Waals surface area (Å²) in [7, 11) is -4.29. The number of hydrogen-bond acceptors (Lipinski definition) is 4. The maximum Gasteiger partial charge on any atom is 0.294 e. The first-order valence-corrected chi connectivity index (χ1v) is 11.6. The minimum atomic E-state index is -4.29. The van der Waals surface area contributed by atoms with Gasteiger partial charge < -0.3 is 9.64 Å². The second-order valence-corrected chi connectivity index (χ2v) is 9.20. The van der Waals surface area contributed by atoms with E-state index in [1.165, 1.54) is 37.0 Å². The molecule has 1 aliphatic carbocycles. The Morgan fingerprint density at radius 1 is 0.893 bits per heavy atom. The van der Waals surface area contributed by atoms with Crippen molar-refractivity contribution in [1.29, 1.82) is 0 Å². The Balaban J connectivity index is 1.72. The molecule has 0 aromatic heterocycles. The van der Waals surface area contributed by atoms with E-state index in [0.29, 0.717) is 11.7 Å². The van der Waals surface area contributed by atoms with Crippen molar-refractivity contribution in [2.24, 2.45) is 0 Å². The molecule has 150 valence electrons. The molecule has 5 nitrogen and oxygen atoms in total. The third-order valence-corrected chi connectivity index (χ3v) is 6.71. The van der Waals surface area contributed by atoms with Gasteiger partial charge in [0.05, 0.1) is 10.6 Å². The molecule has 0 spiro atoms. The van der Waals surface area contributed by atoms with Gasteiger partial charge in [-0.15, -0.1) is 0 Å². The fraction of sp³-hybridized carbons (Fsp3) is 0.455. The third kappa shape index (κ3) is 4.18. The summed E-state index contributed by atoms with van der Waals surface area (Å²) in [6.07, 6.45) is 8.28. The smallest absolute Gasteiger partial charge is 0.294 e. The average Bonchev–Trinajstić information content (AvgIpc) is 3.23. The van der Waals surface area contributed by atoms with Crippen LogP contribution in [0.3, 0.4) is 0 Å². The predicted molar refractivity (Wildman–Crippen MR) is 110 cm³/mol. The van der Waals surface area contributed by atoms with Gasteiger partial charge in [0.25, 0.3) is 10.1 Å². The Hall–Kier alpha value is -2.05. The van der Waals surface area contributed by atoms with Gasteiger partial charge in [0, 0.05) is 19.2 Å². The van der Waals surface area contributed by atoms with Crippen molar-refractivity contribution in [3.05, 3.63) is 48.0 Å². The molecule has 1 N–H and O–H groups in total. The van der Waals surface area contributed by atoms with Crippen LogP contribution in [0.2, 0.25) is 0 Å². The molecule has 0 unspecified atom stereocenters. The second-order valence-electron chi connectivity index (χ2n) is 7.77. The lowest BCUT2D eigenvalue weighted by Gasteiger charge is -2.26. The monoisotopic (exact) mass is 401 g/mol. The molecule has 1 aliphatic heterocycles. The number of rotatable bonds is 5. The van der Waals surface area contributed by atoms with Gasteiger partial charge in [-0.05, 0) is 55.4 Å². The lowest BCUT2D eigenvalue weighted by atomic mass is 9.84. The summed E-state index contributed by atoms with van der Waals surface area (Å²) in [5, 5.41) is 0. The summed E-state index contributed by atoms with van der Waals surface area (Å²) in [6, 6.07) is 12.7. The molecule has 0 radical (unpaired) electrons. The number of nitrogens with zero attached hydrogens (tertiary/aromatic N) is 1. The zero-order valence-electron chi connectivity index (χ0n) is 16.0. The minimum Gasteiger partial charge on any atom is -0.455 e. The van der Waals surface area contributed by atoms with Gasteiger partial charge in [0.15, 0.2) is 5.75 Å². The van der Waals surface area contributed by atoms with Crippen LogP contribution in [0.4, 0.5) is 5.69 Å². The lowest BCUT2D eigenvalue weighted by Crippen LogP contribution is -2.18. The van der Waals surface area contributed by atoms with Gasteiger partial charge in [0.1, 0.15) is 5.75 Å². The van der Waals surface area contributed by atoms with Gasteiger partial charge >= 0.3 is 0 Å². The lowest BCUT2D eigenvalue weighted by molar-refractivity contribution is 0.418. The maximum atomic E-state index is 11.7. The van der Waals surface area contributed by atoms with Crippen LogP contribution in [-0.4, -0.2) is 26.1 Å². The zero-order chi connectivity index (χ0) is 19.6. The maximum absolute atomic E-state index is 11.7. The van der Waals surface area contributed by atoms with Crippen molar-refractivity contribution in [1.82, 2.24) is 0 Å². The highest BCUT2D eigenvalue weighted by molar-refractivity contribution is 7.85. The number of hydrogen-bond donors (Lipinski definition) is 1. The number of anilines is 1. The highest BCUT2D eigenvalue weighted by Crippen LogP contribution is 2.41. The Labute approximate surface area is 167 Å². The predicted octanol–water partition coefficient (Wildman–Crippen LogP) is 5.37. The molecule has 0 amide bonds. The number of para-hydroxylation sites is 1. The SMILES string of the molecule is O=S(=O)(O)c1ccc(N2CCCC2)c(Oc2ccccc2C2CCCCC2)c1. The highest BCUT2D eigenvalue weighted by Gasteiger charge is 2.23. The molecular weight excluding hydrogens is 374 g/mol. The summed E-state index contributed by atoms with van der Waals surface area (Å²) < 4.78 is 39.2. The Bertz CT molecular complexity index is 929. The van der Waals surface area contributed by atoms with E-state index in [4.69, 9.17) is 4.74 Å². The average molecular weight is 402 g/mol. The molecule has 4 rings (SSSR count). The van der Waals surface area contributed by atoms with E-state index in [2.05, 4.69) is 11.0 Å². The molecule has 1 heterocycles. The van der Waals surface area contributed by atoms with E-state index in [9.17, 15) is 13.0 Å². The van der Waals surface area contributed by atoms with E-state index in [1.807, 2.05) is 18.2 Å². The molecule has 2 aliphatic rings. The largest absolute Gasteiger partial charge is 0.455 e. The zero-order valence-corrected chi connectivity index (χ0v) is 16.8. The van der Waals surface area contributed by atoms with E-state index < -0.39 is 10.1 Å². The van der Waals surface area contributed by atoms with Gasteiger partial charge in [-0.1, -0.05) is 37.5 Å². The van der Waals surface area contributed by atoms with Crippen molar-refractivity contribution in [2.45, 2.75) is 55.8 Å². The number of benzene rings is 2. The van der Waals surface area contributed by atoms with Crippen molar-refractivity contribution >= 4 is 15.8 Å². The summed E-state index contributed by atoms with van der Waals surface area (Å²) in [4.78, 5) is 2.08. The van der Waals surface area contributed by atoms with Crippen LogP contribution >= 0.6 is 0 Å². The summed E-state index contributed by atoms with van der Waals surface area (Å²) in [6.45, 7) is 1.84. The molecule has 0 bridgehead atoms. The minimum absolute atomic E-state index is 0.138. The van der Waals surface area contributed by atoms with Crippen LogP contribution < -0.4 is 9.64 Å². The summed E-state index contributed by atoms with van der Waals surface area (Å²) in [5.74, 6) is 1.74. The normalized spacial score (nSPS) is 18.4. The Morgan fingerprint density at radius 2 is 1.61 bits per heavy atom. The first-order valence-electron chi connectivity index (χ1n) is 10.2. The molecule has 6 heteroatoms. The number of ether oxygens (including phenoxy) is 1. The second kappa shape index (κ2) is 8.13. The van der Waals surface area contributed by atoms with E-state index in [-0.39, 0.29) is 4.90 Å². The van der Waals surface area contributed by atoms with Crippen molar-refractivity contribution in [3.8, 4) is 11.5 Å².